The number of carbonyl (C=O) groups is 1. The molecule has 1 fully saturated rings. The smallest absolute Gasteiger partial charge is 0.356 e. The Bertz CT molecular complexity index is 414. The third-order valence-corrected chi connectivity index (χ3v) is 3.64. The van der Waals surface area contributed by atoms with Gasteiger partial charge in [0, 0.05) is 18.3 Å². The number of piperidine rings is 1. The Kier molecular flexibility index (Phi) is 4.01. The molecule has 1 aliphatic rings. The van der Waals surface area contributed by atoms with Crippen molar-refractivity contribution in [3.8, 4) is 0 Å². The van der Waals surface area contributed by atoms with Crippen molar-refractivity contribution in [1.82, 2.24) is 15.1 Å². The SMILES string of the molecule is CC(C)N1CCCC(Cc2cc(C(=O)O)n[nH]2)C1. The van der Waals surface area contributed by atoms with Gasteiger partial charge in [-0.2, -0.15) is 5.10 Å². The van der Waals surface area contributed by atoms with Gasteiger partial charge in [0.25, 0.3) is 0 Å². The van der Waals surface area contributed by atoms with E-state index in [1.165, 1.54) is 19.4 Å². The van der Waals surface area contributed by atoms with Crippen LogP contribution in [0.2, 0.25) is 0 Å². The number of nitrogens with zero attached hydrogens (tertiary/aromatic N) is 2. The van der Waals surface area contributed by atoms with Crippen molar-refractivity contribution >= 4 is 5.97 Å². The van der Waals surface area contributed by atoms with Gasteiger partial charge in [0.15, 0.2) is 5.69 Å². The standard InChI is InChI=1S/C13H21N3O2/c1-9(2)16-5-3-4-10(8-16)6-11-7-12(13(17)18)15-14-11/h7,9-10H,3-6,8H2,1-2H3,(H,14,15)(H,17,18). The van der Waals surface area contributed by atoms with Crippen molar-refractivity contribution in [3.63, 3.8) is 0 Å². The highest BCUT2D eigenvalue weighted by molar-refractivity contribution is 5.85. The molecular formula is C13H21N3O2. The second kappa shape index (κ2) is 5.52. The van der Waals surface area contributed by atoms with E-state index >= 15 is 0 Å². The van der Waals surface area contributed by atoms with E-state index in [9.17, 15) is 4.79 Å². The predicted octanol–water partition coefficient (Wildman–Crippen LogP) is 1.77. The van der Waals surface area contributed by atoms with Gasteiger partial charge in [0.05, 0.1) is 0 Å². The molecule has 1 saturated heterocycles. The van der Waals surface area contributed by atoms with Crippen LogP contribution in [0, 0.1) is 5.92 Å². The fourth-order valence-corrected chi connectivity index (χ4v) is 2.62. The number of aromatic carboxylic acids is 1. The second-order valence-corrected chi connectivity index (χ2v) is 5.38. The van der Waals surface area contributed by atoms with Gasteiger partial charge < -0.3 is 10.0 Å². The number of carboxylic acids is 1. The van der Waals surface area contributed by atoms with Crippen LogP contribution in [0.5, 0.6) is 0 Å². The second-order valence-electron chi connectivity index (χ2n) is 5.38. The van der Waals surface area contributed by atoms with Crippen LogP contribution in [0.25, 0.3) is 0 Å². The molecule has 18 heavy (non-hydrogen) atoms. The molecule has 0 bridgehead atoms. The molecule has 2 heterocycles. The van der Waals surface area contributed by atoms with Gasteiger partial charge in [-0.05, 0) is 51.6 Å². The fraction of sp³-hybridized carbons (Fsp3) is 0.692. The molecule has 5 nitrogen and oxygen atoms in total. The Morgan fingerprint density at radius 1 is 1.67 bits per heavy atom. The van der Waals surface area contributed by atoms with Gasteiger partial charge in [-0.25, -0.2) is 4.79 Å². The van der Waals surface area contributed by atoms with E-state index in [4.69, 9.17) is 5.11 Å². The molecule has 0 spiro atoms. The first-order valence-electron chi connectivity index (χ1n) is 6.58. The first kappa shape index (κ1) is 13.1. The van der Waals surface area contributed by atoms with Crippen molar-refractivity contribution < 1.29 is 9.90 Å². The van der Waals surface area contributed by atoms with Gasteiger partial charge in [0.1, 0.15) is 0 Å². The zero-order valence-electron chi connectivity index (χ0n) is 11.0. The van der Waals surface area contributed by atoms with Crippen LogP contribution < -0.4 is 0 Å². The van der Waals surface area contributed by atoms with Gasteiger partial charge in [-0.3, -0.25) is 5.10 Å². The number of rotatable bonds is 4. The van der Waals surface area contributed by atoms with E-state index < -0.39 is 5.97 Å². The number of carboxylic acid groups (broad SMARTS) is 1. The van der Waals surface area contributed by atoms with Gasteiger partial charge in [-0.15, -0.1) is 0 Å². The van der Waals surface area contributed by atoms with E-state index in [2.05, 4.69) is 28.9 Å². The number of aromatic nitrogens is 2. The van der Waals surface area contributed by atoms with Crippen LogP contribution in [-0.2, 0) is 6.42 Å². The summed E-state index contributed by atoms with van der Waals surface area (Å²) < 4.78 is 0. The van der Waals surface area contributed by atoms with Crippen molar-refractivity contribution in [3.05, 3.63) is 17.5 Å². The van der Waals surface area contributed by atoms with Gasteiger partial charge in [-0.1, -0.05) is 0 Å². The molecule has 100 valence electrons. The van der Waals surface area contributed by atoms with E-state index in [0.29, 0.717) is 12.0 Å². The summed E-state index contributed by atoms with van der Waals surface area (Å²) in [6.45, 7) is 6.72. The lowest BCUT2D eigenvalue weighted by molar-refractivity contribution is 0.0690. The lowest BCUT2D eigenvalue weighted by Gasteiger charge is -2.35. The quantitative estimate of drug-likeness (QED) is 0.855. The number of aromatic amines is 1. The molecular weight excluding hydrogens is 230 g/mol. The Hall–Kier alpha value is -1.36. The summed E-state index contributed by atoms with van der Waals surface area (Å²) >= 11 is 0. The van der Waals surface area contributed by atoms with Crippen LogP contribution in [0.4, 0.5) is 0 Å². The number of likely N-dealkylation sites (tertiary alicyclic amines) is 1. The highest BCUT2D eigenvalue weighted by Gasteiger charge is 2.22. The largest absolute Gasteiger partial charge is 0.476 e. The van der Waals surface area contributed by atoms with Crippen molar-refractivity contribution in [2.24, 2.45) is 5.92 Å². The summed E-state index contributed by atoms with van der Waals surface area (Å²) in [5, 5.41) is 15.5. The molecule has 0 radical (unpaired) electrons. The Morgan fingerprint density at radius 3 is 3.06 bits per heavy atom. The molecule has 5 heteroatoms. The Balaban J connectivity index is 1.94. The summed E-state index contributed by atoms with van der Waals surface area (Å²) in [6, 6.07) is 2.24. The lowest BCUT2D eigenvalue weighted by atomic mass is 9.92. The van der Waals surface area contributed by atoms with Crippen LogP contribution in [0.15, 0.2) is 6.07 Å². The molecule has 1 atom stereocenters. The summed E-state index contributed by atoms with van der Waals surface area (Å²) in [6.07, 6.45) is 3.33. The average Bonchev–Trinajstić information content (AvgIpc) is 2.78. The zero-order chi connectivity index (χ0) is 13.1. The lowest BCUT2D eigenvalue weighted by Crippen LogP contribution is -2.40. The van der Waals surface area contributed by atoms with Gasteiger partial charge >= 0.3 is 5.97 Å². The number of H-pyrrole nitrogens is 1. The molecule has 2 rings (SSSR count). The van der Waals surface area contributed by atoms with Crippen molar-refractivity contribution in [2.75, 3.05) is 13.1 Å². The third-order valence-electron chi connectivity index (χ3n) is 3.64. The van der Waals surface area contributed by atoms with E-state index in [1.54, 1.807) is 6.07 Å². The maximum Gasteiger partial charge on any atom is 0.356 e. The molecule has 0 amide bonds. The Labute approximate surface area is 107 Å². The third kappa shape index (κ3) is 3.10. The predicted molar refractivity (Wildman–Crippen MR) is 68.7 cm³/mol. The molecule has 1 aromatic rings. The van der Waals surface area contributed by atoms with E-state index in [1.807, 2.05) is 0 Å². The summed E-state index contributed by atoms with van der Waals surface area (Å²) in [7, 11) is 0. The number of nitrogens with one attached hydrogen (secondary N) is 1. The average molecular weight is 251 g/mol. The first-order valence-corrected chi connectivity index (χ1v) is 6.58. The molecule has 1 aliphatic heterocycles. The first-order chi connectivity index (χ1) is 8.56. The van der Waals surface area contributed by atoms with Crippen LogP contribution >= 0.6 is 0 Å². The topological polar surface area (TPSA) is 69.2 Å². The molecule has 0 aromatic carbocycles. The summed E-state index contributed by atoms with van der Waals surface area (Å²) in [5.74, 6) is -0.367. The van der Waals surface area contributed by atoms with Crippen LogP contribution in [-0.4, -0.2) is 45.3 Å². The van der Waals surface area contributed by atoms with Crippen molar-refractivity contribution in [1.29, 1.82) is 0 Å². The monoisotopic (exact) mass is 251 g/mol. The minimum Gasteiger partial charge on any atom is -0.476 e. The summed E-state index contributed by atoms with van der Waals surface area (Å²) in [4.78, 5) is 13.2. The van der Waals surface area contributed by atoms with Gasteiger partial charge in [0.2, 0.25) is 0 Å². The molecule has 0 aliphatic carbocycles. The summed E-state index contributed by atoms with van der Waals surface area (Å²) in [5.41, 5.74) is 1.05. The maximum absolute atomic E-state index is 10.8. The molecule has 1 unspecified atom stereocenters. The van der Waals surface area contributed by atoms with E-state index in [0.717, 1.165) is 18.7 Å². The minimum absolute atomic E-state index is 0.113. The highest BCUT2D eigenvalue weighted by atomic mass is 16.4. The van der Waals surface area contributed by atoms with Crippen LogP contribution in [0.1, 0.15) is 42.9 Å². The van der Waals surface area contributed by atoms with Crippen LogP contribution in [0.3, 0.4) is 0 Å². The normalized spacial score (nSPS) is 21.4. The maximum atomic E-state index is 10.8. The molecule has 2 N–H and O–H groups in total. The van der Waals surface area contributed by atoms with E-state index in [-0.39, 0.29) is 5.69 Å². The van der Waals surface area contributed by atoms with Crippen molar-refractivity contribution in [2.45, 2.75) is 39.2 Å². The Morgan fingerprint density at radius 2 is 2.44 bits per heavy atom. The zero-order valence-corrected chi connectivity index (χ0v) is 11.0. The minimum atomic E-state index is -0.968. The fourth-order valence-electron chi connectivity index (χ4n) is 2.62. The highest BCUT2D eigenvalue weighted by Crippen LogP contribution is 2.21. The molecule has 0 saturated carbocycles. The number of hydrogen-bond acceptors (Lipinski definition) is 3. The molecule has 1 aromatic heterocycles. The number of hydrogen-bond donors (Lipinski definition) is 2.